The molecule has 0 bridgehead atoms. The molecule has 9 nitrogen and oxygen atoms in total. The second kappa shape index (κ2) is 11.5. The maximum Gasteiger partial charge on any atom is 0.241 e. The second-order valence-corrected chi connectivity index (χ2v) is 11.2. The van der Waals surface area contributed by atoms with E-state index in [9.17, 15) is 8.42 Å². The molecule has 4 N–H and O–H groups in total. The molecular formula is C26H34N6O3S. The number of nitrogens with one attached hydrogen (secondary N) is 2. The van der Waals surface area contributed by atoms with Crippen LogP contribution in [0.3, 0.4) is 0 Å². The molecule has 0 aliphatic heterocycles. The van der Waals surface area contributed by atoms with E-state index in [4.69, 9.17) is 10.5 Å². The lowest BCUT2D eigenvalue weighted by atomic mass is 10.1. The van der Waals surface area contributed by atoms with Crippen LogP contribution in [0.2, 0.25) is 0 Å². The lowest BCUT2D eigenvalue weighted by molar-refractivity contribution is 0.261. The quantitative estimate of drug-likeness (QED) is 0.295. The van der Waals surface area contributed by atoms with Crippen LogP contribution in [0.25, 0.3) is 11.3 Å². The van der Waals surface area contributed by atoms with Gasteiger partial charge in [-0.05, 0) is 83.4 Å². The summed E-state index contributed by atoms with van der Waals surface area (Å²) in [6.45, 7) is 6.83. The Kier molecular flexibility index (Phi) is 8.67. The second-order valence-electron chi connectivity index (χ2n) is 9.56. The number of hydrogen-bond donors (Lipinski definition) is 3. The molecule has 36 heavy (non-hydrogen) atoms. The van der Waals surface area contributed by atoms with Gasteiger partial charge in [0.2, 0.25) is 10.0 Å². The van der Waals surface area contributed by atoms with Crippen molar-refractivity contribution in [3.05, 3.63) is 66.7 Å². The average Bonchev–Trinajstić information content (AvgIpc) is 2.79. The first-order valence-electron chi connectivity index (χ1n) is 11.5. The molecule has 3 aromatic rings. The number of hydrogen-bond acceptors (Lipinski definition) is 6. The number of ether oxygens (including phenoxy) is 1. The fraction of sp³-hybridized carbons (Fsp3) is 0.308. The molecule has 0 saturated carbocycles. The first-order chi connectivity index (χ1) is 16.9. The maximum atomic E-state index is 12.7. The Morgan fingerprint density at radius 3 is 2.42 bits per heavy atom. The van der Waals surface area contributed by atoms with Gasteiger partial charge in [-0.2, -0.15) is 4.99 Å². The Morgan fingerprint density at radius 2 is 1.75 bits per heavy atom. The molecular weight excluding hydrogens is 476 g/mol. The molecule has 0 aliphatic carbocycles. The van der Waals surface area contributed by atoms with Crippen LogP contribution in [0.1, 0.15) is 20.8 Å². The number of anilines is 1. The van der Waals surface area contributed by atoms with Crippen molar-refractivity contribution in [3.8, 4) is 17.0 Å². The molecule has 0 saturated heterocycles. The van der Waals surface area contributed by atoms with Crippen molar-refractivity contribution in [2.24, 2.45) is 10.7 Å². The molecule has 3 rings (SSSR count). The van der Waals surface area contributed by atoms with Gasteiger partial charge in [0.1, 0.15) is 12.4 Å². The van der Waals surface area contributed by atoms with E-state index in [-0.39, 0.29) is 10.9 Å². The third-order valence-electron chi connectivity index (χ3n) is 4.78. The van der Waals surface area contributed by atoms with E-state index in [0.29, 0.717) is 23.7 Å². The minimum absolute atomic E-state index is 0.168. The maximum absolute atomic E-state index is 12.7. The summed E-state index contributed by atoms with van der Waals surface area (Å²) in [6, 6.07) is 19.4. The van der Waals surface area contributed by atoms with Crippen LogP contribution in [0, 0.1) is 0 Å². The number of likely N-dealkylation sites (N-methyl/N-ethyl adjacent to an activating group) is 1. The smallest absolute Gasteiger partial charge is 0.241 e. The van der Waals surface area contributed by atoms with Crippen LogP contribution in [0.4, 0.5) is 11.5 Å². The third kappa shape index (κ3) is 8.33. The van der Waals surface area contributed by atoms with Gasteiger partial charge in [0.25, 0.3) is 0 Å². The highest BCUT2D eigenvalue weighted by Crippen LogP contribution is 2.24. The Bertz CT molecular complexity index is 1300. The number of guanidine groups is 1. The summed E-state index contributed by atoms with van der Waals surface area (Å²) in [5.41, 5.74) is 7.49. The highest BCUT2D eigenvalue weighted by Gasteiger charge is 2.22. The van der Waals surface area contributed by atoms with Crippen molar-refractivity contribution >= 4 is 27.5 Å². The number of benzene rings is 2. The predicted octanol–water partition coefficient (Wildman–Crippen LogP) is 3.82. The van der Waals surface area contributed by atoms with Gasteiger partial charge in [0.05, 0.1) is 10.6 Å². The normalized spacial score (nSPS) is 12.6. The Balaban J connectivity index is 1.72. The number of rotatable bonds is 9. The van der Waals surface area contributed by atoms with Crippen LogP contribution in [0.15, 0.2) is 76.6 Å². The van der Waals surface area contributed by atoms with E-state index in [1.807, 2.05) is 38.4 Å². The fourth-order valence-electron chi connectivity index (χ4n) is 3.21. The minimum Gasteiger partial charge on any atom is -0.492 e. The Hall–Kier alpha value is -3.47. The molecule has 2 aromatic carbocycles. The number of sulfonamides is 1. The van der Waals surface area contributed by atoms with Gasteiger partial charge in [-0.15, -0.1) is 0 Å². The molecule has 1 aromatic heterocycles. The van der Waals surface area contributed by atoms with Crippen LogP contribution < -0.4 is 20.5 Å². The highest BCUT2D eigenvalue weighted by atomic mass is 32.2. The van der Waals surface area contributed by atoms with E-state index in [1.165, 1.54) is 0 Å². The van der Waals surface area contributed by atoms with Crippen molar-refractivity contribution in [1.29, 1.82) is 0 Å². The third-order valence-corrected chi connectivity index (χ3v) is 6.54. The highest BCUT2D eigenvalue weighted by molar-refractivity contribution is 7.89. The predicted molar refractivity (Wildman–Crippen MR) is 145 cm³/mol. The van der Waals surface area contributed by atoms with E-state index in [1.54, 1.807) is 63.2 Å². The molecule has 0 spiro atoms. The number of nitrogens with two attached hydrogens (primary N) is 1. The summed E-state index contributed by atoms with van der Waals surface area (Å²) in [7, 11) is 0.322. The molecule has 0 aliphatic rings. The van der Waals surface area contributed by atoms with Gasteiger partial charge < -0.3 is 20.7 Å². The van der Waals surface area contributed by atoms with Crippen molar-refractivity contribution in [2.75, 3.05) is 32.6 Å². The molecule has 0 radical (unpaired) electrons. The zero-order chi connectivity index (χ0) is 26.3. The Morgan fingerprint density at radius 1 is 1.06 bits per heavy atom. The first kappa shape index (κ1) is 27.1. The largest absolute Gasteiger partial charge is 0.492 e. The minimum atomic E-state index is -3.67. The SMILES string of the molecule is CN(C)CCOc1ccc(N/C(N)=N/c2cccc(-c3cccc(S(=O)(=O)NC(C)(C)C)c3)n2)cc1. The number of pyridine rings is 1. The number of aliphatic imine (C=N–C) groups is 1. The van der Waals surface area contributed by atoms with Gasteiger partial charge in [0, 0.05) is 23.3 Å². The molecule has 10 heteroatoms. The van der Waals surface area contributed by atoms with Crippen molar-refractivity contribution in [1.82, 2.24) is 14.6 Å². The van der Waals surface area contributed by atoms with Gasteiger partial charge >= 0.3 is 0 Å². The van der Waals surface area contributed by atoms with Crippen LogP contribution >= 0.6 is 0 Å². The monoisotopic (exact) mass is 510 g/mol. The average molecular weight is 511 g/mol. The van der Waals surface area contributed by atoms with E-state index < -0.39 is 15.6 Å². The van der Waals surface area contributed by atoms with E-state index in [2.05, 4.69) is 24.9 Å². The van der Waals surface area contributed by atoms with Gasteiger partial charge in [-0.25, -0.2) is 18.1 Å². The summed E-state index contributed by atoms with van der Waals surface area (Å²) in [6.07, 6.45) is 0. The van der Waals surface area contributed by atoms with Crippen LogP contribution in [-0.2, 0) is 10.0 Å². The number of nitrogens with zero attached hydrogens (tertiary/aromatic N) is 3. The van der Waals surface area contributed by atoms with Crippen molar-refractivity contribution in [2.45, 2.75) is 31.2 Å². The van der Waals surface area contributed by atoms with Crippen molar-refractivity contribution in [3.63, 3.8) is 0 Å². The molecule has 0 unspecified atom stereocenters. The molecule has 1 heterocycles. The van der Waals surface area contributed by atoms with Crippen LogP contribution in [-0.4, -0.2) is 57.0 Å². The van der Waals surface area contributed by atoms with E-state index in [0.717, 1.165) is 18.0 Å². The molecule has 0 amide bonds. The Labute approximate surface area is 213 Å². The summed E-state index contributed by atoms with van der Waals surface area (Å²) >= 11 is 0. The first-order valence-corrected chi connectivity index (χ1v) is 13.0. The van der Waals surface area contributed by atoms with Gasteiger partial charge in [-0.3, -0.25) is 0 Å². The van der Waals surface area contributed by atoms with Crippen molar-refractivity contribution < 1.29 is 13.2 Å². The lowest BCUT2D eigenvalue weighted by Crippen LogP contribution is -2.40. The van der Waals surface area contributed by atoms with Gasteiger partial charge in [-0.1, -0.05) is 18.2 Å². The number of aromatic nitrogens is 1. The van der Waals surface area contributed by atoms with Crippen LogP contribution in [0.5, 0.6) is 5.75 Å². The zero-order valence-corrected chi connectivity index (χ0v) is 22.1. The van der Waals surface area contributed by atoms with E-state index >= 15 is 0 Å². The zero-order valence-electron chi connectivity index (χ0n) is 21.3. The molecule has 0 atom stereocenters. The lowest BCUT2D eigenvalue weighted by Gasteiger charge is -2.20. The molecule has 0 fully saturated rings. The summed E-state index contributed by atoms with van der Waals surface area (Å²) in [4.78, 5) is 11.1. The summed E-state index contributed by atoms with van der Waals surface area (Å²) in [5.74, 6) is 1.34. The summed E-state index contributed by atoms with van der Waals surface area (Å²) in [5, 5.41) is 3.04. The topological polar surface area (TPSA) is 122 Å². The fourth-order valence-corrected chi connectivity index (χ4v) is 4.67. The van der Waals surface area contributed by atoms with Gasteiger partial charge in [0.15, 0.2) is 11.8 Å². The standard InChI is InChI=1S/C26H34N6O3S/c1-26(2,3)31-36(33,34)22-9-6-8-19(18-22)23-10-7-11-24(29-23)30-25(27)28-20-12-14-21(15-13-20)35-17-16-32(4)5/h6-15,18,31H,16-17H2,1-5H3,(H3,27,28,29,30). The molecule has 192 valence electrons. The summed E-state index contributed by atoms with van der Waals surface area (Å²) < 4.78 is 33.8.